The Morgan fingerprint density at radius 2 is 1.88 bits per heavy atom. The predicted molar refractivity (Wildman–Crippen MR) is 76.2 cm³/mol. The summed E-state index contributed by atoms with van der Waals surface area (Å²) in [6.07, 6.45) is 6.43. The van der Waals surface area contributed by atoms with Crippen molar-refractivity contribution in [3.05, 3.63) is 51.7 Å². The first-order valence-corrected chi connectivity index (χ1v) is 7.25. The smallest absolute Gasteiger partial charge is 0.0273 e. The first-order chi connectivity index (χ1) is 7.78. The molecule has 2 rings (SSSR count). The van der Waals surface area contributed by atoms with Crippen LogP contribution in [0.25, 0.3) is 12.2 Å². The summed E-state index contributed by atoms with van der Waals surface area (Å²) in [6.45, 7) is 2.13. The zero-order valence-electron chi connectivity index (χ0n) is 9.44. The molecule has 0 saturated carbocycles. The summed E-state index contributed by atoms with van der Waals surface area (Å²) in [5.74, 6) is 0. The Hall–Kier alpha value is -0.990. The van der Waals surface area contributed by atoms with Crippen molar-refractivity contribution in [2.45, 2.75) is 11.8 Å². The van der Waals surface area contributed by atoms with E-state index in [1.165, 1.54) is 20.9 Å². The fraction of sp³-hybridized carbons (Fsp3) is 0.143. The van der Waals surface area contributed by atoms with E-state index in [-0.39, 0.29) is 0 Å². The van der Waals surface area contributed by atoms with Crippen LogP contribution in [-0.4, -0.2) is 6.26 Å². The van der Waals surface area contributed by atoms with E-state index in [9.17, 15) is 0 Å². The summed E-state index contributed by atoms with van der Waals surface area (Å²) < 4.78 is 0. The molecule has 2 aromatic rings. The largest absolute Gasteiger partial charge is 0.144 e. The quantitative estimate of drug-likeness (QED) is 0.691. The number of hydrogen-bond acceptors (Lipinski definition) is 2. The molecule has 82 valence electrons. The van der Waals surface area contributed by atoms with Crippen molar-refractivity contribution in [1.82, 2.24) is 0 Å². The van der Waals surface area contributed by atoms with Gasteiger partial charge >= 0.3 is 0 Å². The normalized spacial score (nSPS) is 11.1. The Balaban J connectivity index is 2.11. The SMILES string of the molecule is CSc1ccc(C=Cc2cc(C)cs2)cc1. The molecule has 0 unspecified atom stereocenters. The lowest BCUT2D eigenvalue weighted by Gasteiger charge is -1.96. The molecular weight excluding hydrogens is 232 g/mol. The lowest BCUT2D eigenvalue weighted by Crippen LogP contribution is -1.72. The number of thiophene rings is 1. The first kappa shape index (κ1) is 11.5. The van der Waals surface area contributed by atoms with Crippen LogP contribution >= 0.6 is 23.1 Å². The van der Waals surface area contributed by atoms with Gasteiger partial charge in [0.1, 0.15) is 0 Å². The average molecular weight is 246 g/mol. The molecule has 0 atom stereocenters. The minimum Gasteiger partial charge on any atom is -0.144 e. The molecule has 1 aromatic heterocycles. The number of rotatable bonds is 3. The highest BCUT2D eigenvalue weighted by molar-refractivity contribution is 7.98. The second-order valence-corrected chi connectivity index (χ2v) is 5.46. The van der Waals surface area contributed by atoms with E-state index in [0.29, 0.717) is 0 Å². The van der Waals surface area contributed by atoms with E-state index in [1.54, 1.807) is 23.1 Å². The van der Waals surface area contributed by atoms with E-state index < -0.39 is 0 Å². The lowest BCUT2D eigenvalue weighted by molar-refractivity contribution is 1.45. The molecule has 16 heavy (non-hydrogen) atoms. The van der Waals surface area contributed by atoms with Gasteiger partial charge in [-0.25, -0.2) is 0 Å². The molecule has 0 aliphatic heterocycles. The van der Waals surface area contributed by atoms with Crippen molar-refractivity contribution in [1.29, 1.82) is 0 Å². The third-order valence-corrected chi connectivity index (χ3v) is 4.07. The fourth-order valence-electron chi connectivity index (χ4n) is 1.43. The summed E-state index contributed by atoms with van der Waals surface area (Å²) in [5.41, 5.74) is 2.59. The van der Waals surface area contributed by atoms with Crippen LogP contribution < -0.4 is 0 Å². The number of hydrogen-bond donors (Lipinski definition) is 0. The number of thioether (sulfide) groups is 1. The molecule has 0 saturated heterocycles. The maximum Gasteiger partial charge on any atom is 0.0273 e. The third-order valence-electron chi connectivity index (χ3n) is 2.31. The highest BCUT2D eigenvalue weighted by atomic mass is 32.2. The fourth-order valence-corrected chi connectivity index (χ4v) is 2.63. The van der Waals surface area contributed by atoms with Gasteiger partial charge in [0.05, 0.1) is 0 Å². The maximum absolute atomic E-state index is 2.21. The third kappa shape index (κ3) is 3.00. The zero-order valence-corrected chi connectivity index (χ0v) is 11.1. The molecule has 0 amide bonds. The van der Waals surface area contributed by atoms with Gasteiger partial charge in [-0.3, -0.25) is 0 Å². The molecule has 0 bridgehead atoms. The van der Waals surface area contributed by atoms with Crippen LogP contribution in [0, 0.1) is 6.92 Å². The molecule has 1 aromatic carbocycles. The number of aryl methyl sites for hydroxylation is 1. The van der Waals surface area contributed by atoms with Crippen molar-refractivity contribution in [2.24, 2.45) is 0 Å². The molecule has 0 aliphatic rings. The Morgan fingerprint density at radius 3 is 2.44 bits per heavy atom. The Labute approximate surface area is 105 Å². The summed E-state index contributed by atoms with van der Waals surface area (Å²) in [5, 5.41) is 2.18. The number of benzene rings is 1. The molecule has 2 heteroatoms. The van der Waals surface area contributed by atoms with Crippen LogP contribution in [0.15, 0.2) is 40.6 Å². The summed E-state index contributed by atoms with van der Waals surface area (Å²) >= 11 is 3.56. The molecule has 0 N–H and O–H groups in total. The van der Waals surface area contributed by atoms with E-state index >= 15 is 0 Å². The molecule has 1 heterocycles. The standard InChI is InChI=1S/C14H14S2/c1-11-9-14(16-10-11)8-5-12-3-6-13(15-2)7-4-12/h3-10H,1-2H3. The zero-order chi connectivity index (χ0) is 11.4. The highest BCUT2D eigenvalue weighted by Crippen LogP contribution is 2.19. The summed E-state index contributed by atoms with van der Waals surface area (Å²) in [4.78, 5) is 2.62. The van der Waals surface area contributed by atoms with Crippen LogP contribution in [0.2, 0.25) is 0 Å². The molecule has 0 fully saturated rings. The minimum absolute atomic E-state index is 1.25. The molecule has 0 nitrogen and oxygen atoms in total. The average Bonchev–Trinajstić information content (AvgIpc) is 2.73. The van der Waals surface area contributed by atoms with Crippen LogP contribution in [-0.2, 0) is 0 Å². The van der Waals surface area contributed by atoms with Gasteiger partial charge < -0.3 is 0 Å². The van der Waals surface area contributed by atoms with Gasteiger partial charge in [-0.15, -0.1) is 23.1 Å². The van der Waals surface area contributed by atoms with Crippen LogP contribution in [0.3, 0.4) is 0 Å². The van der Waals surface area contributed by atoms with Crippen LogP contribution in [0.4, 0.5) is 0 Å². The van der Waals surface area contributed by atoms with Crippen molar-refractivity contribution in [3.63, 3.8) is 0 Å². The molecule has 0 radical (unpaired) electrons. The summed E-state index contributed by atoms with van der Waals surface area (Å²) in [7, 11) is 0. The van der Waals surface area contributed by atoms with Gasteiger partial charge in [0.2, 0.25) is 0 Å². The van der Waals surface area contributed by atoms with Crippen molar-refractivity contribution in [3.8, 4) is 0 Å². The van der Waals surface area contributed by atoms with E-state index in [4.69, 9.17) is 0 Å². The van der Waals surface area contributed by atoms with E-state index in [1.807, 2.05) is 0 Å². The van der Waals surface area contributed by atoms with Crippen molar-refractivity contribution < 1.29 is 0 Å². The predicted octanol–water partition coefficient (Wildman–Crippen LogP) is 4.95. The molecule has 0 spiro atoms. The second kappa shape index (κ2) is 5.37. The maximum atomic E-state index is 2.21. The minimum atomic E-state index is 1.25. The topological polar surface area (TPSA) is 0 Å². The van der Waals surface area contributed by atoms with E-state index in [2.05, 4.69) is 61.0 Å². The van der Waals surface area contributed by atoms with Crippen molar-refractivity contribution in [2.75, 3.05) is 6.26 Å². The van der Waals surface area contributed by atoms with Gasteiger partial charge in [-0.1, -0.05) is 18.2 Å². The summed E-state index contributed by atoms with van der Waals surface area (Å²) in [6, 6.07) is 10.8. The second-order valence-electron chi connectivity index (χ2n) is 3.63. The molecule has 0 aliphatic carbocycles. The first-order valence-electron chi connectivity index (χ1n) is 5.15. The Bertz CT molecular complexity index is 478. The lowest BCUT2D eigenvalue weighted by atomic mass is 10.2. The Morgan fingerprint density at radius 1 is 1.12 bits per heavy atom. The van der Waals surface area contributed by atoms with Gasteiger partial charge in [0, 0.05) is 9.77 Å². The highest BCUT2D eigenvalue weighted by Gasteiger charge is 1.92. The van der Waals surface area contributed by atoms with Gasteiger partial charge in [0.15, 0.2) is 0 Å². The Kier molecular flexibility index (Phi) is 3.86. The van der Waals surface area contributed by atoms with E-state index in [0.717, 1.165) is 0 Å². The monoisotopic (exact) mass is 246 g/mol. The van der Waals surface area contributed by atoms with Crippen LogP contribution in [0.1, 0.15) is 16.0 Å². The van der Waals surface area contributed by atoms with Gasteiger partial charge in [0.25, 0.3) is 0 Å². The van der Waals surface area contributed by atoms with Crippen LogP contribution in [0.5, 0.6) is 0 Å². The van der Waals surface area contributed by atoms with Crippen molar-refractivity contribution >= 4 is 35.3 Å². The molecular formula is C14H14S2. The van der Waals surface area contributed by atoms with Gasteiger partial charge in [-0.05, 0) is 54.0 Å². The van der Waals surface area contributed by atoms with Gasteiger partial charge in [-0.2, -0.15) is 0 Å².